The number of anilines is 1. The normalized spacial score (nSPS) is 10.7. The van der Waals surface area contributed by atoms with Gasteiger partial charge in [0, 0.05) is 11.3 Å². The van der Waals surface area contributed by atoms with Crippen LogP contribution in [0, 0.1) is 12.7 Å². The molecule has 0 aliphatic carbocycles. The largest absolute Gasteiger partial charge is 0.398 e. The summed E-state index contributed by atoms with van der Waals surface area (Å²) in [6.07, 6.45) is 0. The predicted octanol–water partition coefficient (Wildman–Crippen LogP) is 2.36. The standard InChI is InChI=1S/C14H12FN5/c1-9-2-5-11(6-3-9)20-14(17-18-19-20)12-7-4-10(15)8-13(12)16/h2-8H,16H2,1H3. The lowest BCUT2D eigenvalue weighted by Gasteiger charge is -2.07. The molecular formula is C14H12FN5. The Morgan fingerprint density at radius 1 is 1.10 bits per heavy atom. The Hall–Kier alpha value is -2.76. The second kappa shape index (κ2) is 4.73. The Morgan fingerprint density at radius 3 is 2.55 bits per heavy atom. The van der Waals surface area contributed by atoms with Crippen molar-refractivity contribution >= 4 is 5.69 Å². The average Bonchev–Trinajstić information content (AvgIpc) is 2.88. The van der Waals surface area contributed by atoms with E-state index in [4.69, 9.17) is 5.73 Å². The van der Waals surface area contributed by atoms with E-state index in [1.807, 2.05) is 31.2 Å². The van der Waals surface area contributed by atoms with Gasteiger partial charge < -0.3 is 5.73 Å². The van der Waals surface area contributed by atoms with Gasteiger partial charge in [0.25, 0.3) is 0 Å². The lowest BCUT2D eigenvalue weighted by molar-refractivity contribution is 0.628. The molecule has 0 saturated heterocycles. The van der Waals surface area contributed by atoms with Gasteiger partial charge in [-0.3, -0.25) is 0 Å². The number of rotatable bonds is 2. The van der Waals surface area contributed by atoms with Gasteiger partial charge in [0.15, 0.2) is 5.82 Å². The van der Waals surface area contributed by atoms with Crippen LogP contribution in [-0.2, 0) is 0 Å². The van der Waals surface area contributed by atoms with Gasteiger partial charge in [0.05, 0.1) is 5.69 Å². The molecule has 0 aliphatic rings. The fourth-order valence-corrected chi connectivity index (χ4v) is 1.95. The maximum Gasteiger partial charge on any atom is 0.189 e. The number of tetrazole rings is 1. The number of nitrogens with zero attached hydrogens (tertiary/aromatic N) is 4. The van der Waals surface area contributed by atoms with Crippen molar-refractivity contribution in [3.05, 3.63) is 53.8 Å². The molecule has 0 amide bonds. The van der Waals surface area contributed by atoms with E-state index in [1.165, 1.54) is 12.1 Å². The van der Waals surface area contributed by atoms with Gasteiger partial charge in [0.2, 0.25) is 0 Å². The highest BCUT2D eigenvalue weighted by atomic mass is 19.1. The van der Waals surface area contributed by atoms with Crippen molar-refractivity contribution in [2.24, 2.45) is 0 Å². The summed E-state index contributed by atoms with van der Waals surface area (Å²) in [4.78, 5) is 0. The monoisotopic (exact) mass is 269 g/mol. The molecule has 5 nitrogen and oxygen atoms in total. The third kappa shape index (κ3) is 2.11. The van der Waals surface area contributed by atoms with Crippen LogP contribution in [0.1, 0.15) is 5.56 Å². The van der Waals surface area contributed by atoms with Crippen LogP contribution in [0.3, 0.4) is 0 Å². The molecule has 0 unspecified atom stereocenters. The second-order valence-electron chi connectivity index (χ2n) is 4.48. The van der Waals surface area contributed by atoms with Crippen LogP contribution in [0.15, 0.2) is 42.5 Å². The number of benzene rings is 2. The number of halogens is 1. The van der Waals surface area contributed by atoms with Gasteiger partial charge in [-0.25, -0.2) is 4.39 Å². The van der Waals surface area contributed by atoms with Gasteiger partial charge in [-0.1, -0.05) is 17.7 Å². The number of hydrogen-bond acceptors (Lipinski definition) is 4. The minimum absolute atomic E-state index is 0.299. The lowest BCUT2D eigenvalue weighted by atomic mass is 10.1. The minimum Gasteiger partial charge on any atom is -0.398 e. The first kappa shape index (κ1) is 12.3. The molecule has 0 radical (unpaired) electrons. The smallest absolute Gasteiger partial charge is 0.189 e. The Balaban J connectivity index is 2.12. The Bertz CT molecular complexity index is 749. The van der Waals surface area contributed by atoms with Crippen molar-refractivity contribution in [2.75, 3.05) is 5.73 Å². The number of aryl methyl sites for hydroxylation is 1. The molecule has 0 fully saturated rings. The summed E-state index contributed by atoms with van der Waals surface area (Å²) in [5.41, 5.74) is 8.69. The second-order valence-corrected chi connectivity index (χ2v) is 4.48. The first-order chi connectivity index (χ1) is 9.65. The molecule has 0 saturated carbocycles. The molecule has 3 aromatic rings. The van der Waals surface area contributed by atoms with Crippen molar-refractivity contribution < 1.29 is 4.39 Å². The van der Waals surface area contributed by atoms with E-state index in [0.717, 1.165) is 11.3 Å². The molecule has 1 aromatic heterocycles. The van der Waals surface area contributed by atoms with Crippen LogP contribution < -0.4 is 5.73 Å². The molecule has 0 atom stereocenters. The number of aromatic nitrogens is 4. The summed E-state index contributed by atoms with van der Waals surface area (Å²) in [6, 6.07) is 11.9. The summed E-state index contributed by atoms with van der Waals surface area (Å²) in [6.45, 7) is 2.00. The zero-order valence-electron chi connectivity index (χ0n) is 10.8. The molecule has 0 spiro atoms. The highest BCUT2D eigenvalue weighted by Gasteiger charge is 2.13. The van der Waals surface area contributed by atoms with Crippen LogP contribution in [0.25, 0.3) is 17.1 Å². The zero-order valence-corrected chi connectivity index (χ0v) is 10.8. The average molecular weight is 269 g/mol. The molecule has 0 aliphatic heterocycles. The third-order valence-corrected chi connectivity index (χ3v) is 3.00. The van der Waals surface area contributed by atoms with Gasteiger partial charge >= 0.3 is 0 Å². The molecule has 2 N–H and O–H groups in total. The van der Waals surface area contributed by atoms with Crippen molar-refractivity contribution in [3.63, 3.8) is 0 Å². The van der Waals surface area contributed by atoms with Crippen LogP contribution >= 0.6 is 0 Å². The van der Waals surface area contributed by atoms with E-state index in [-0.39, 0.29) is 5.82 Å². The SMILES string of the molecule is Cc1ccc(-n2nnnc2-c2ccc(F)cc2N)cc1. The number of nitrogens with two attached hydrogens (primary N) is 1. The van der Waals surface area contributed by atoms with Crippen LogP contribution in [0.4, 0.5) is 10.1 Å². The van der Waals surface area contributed by atoms with Gasteiger partial charge in [-0.15, -0.1) is 5.10 Å². The van der Waals surface area contributed by atoms with Crippen LogP contribution in [-0.4, -0.2) is 20.2 Å². The van der Waals surface area contributed by atoms with Gasteiger partial charge in [-0.2, -0.15) is 4.68 Å². The first-order valence-electron chi connectivity index (χ1n) is 6.06. The molecule has 100 valence electrons. The maximum absolute atomic E-state index is 13.1. The molecular weight excluding hydrogens is 257 g/mol. The van der Waals surface area contributed by atoms with Crippen LogP contribution in [0.2, 0.25) is 0 Å². The first-order valence-corrected chi connectivity index (χ1v) is 6.06. The number of hydrogen-bond donors (Lipinski definition) is 1. The highest BCUT2D eigenvalue weighted by Crippen LogP contribution is 2.25. The van der Waals surface area contributed by atoms with E-state index >= 15 is 0 Å². The molecule has 2 aromatic carbocycles. The number of nitrogen functional groups attached to an aromatic ring is 1. The Morgan fingerprint density at radius 2 is 1.85 bits per heavy atom. The van der Waals surface area contributed by atoms with Gasteiger partial charge in [0.1, 0.15) is 5.82 Å². The van der Waals surface area contributed by atoms with Crippen molar-refractivity contribution in [3.8, 4) is 17.1 Å². The van der Waals surface area contributed by atoms with E-state index < -0.39 is 0 Å². The van der Waals surface area contributed by atoms with Gasteiger partial charge in [-0.05, 0) is 47.7 Å². The minimum atomic E-state index is -0.388. The summed E-state index contributed by atoms with van der Waals surface area (Å²) >= 11 is 0. The topological polar surface area (TPSA) is 69.6 Å². The zero-order chi connectivity index (χ0) is 14.1. The fraction of sp³-hybridized carbons (Fsp3) is 0.0714. The summed E-state index contributed by atoms with van der Waals surface area (Å²) in [7, 11) is 0. The maximum atomic E-state index is 13.1. The lowest BCUT2D eigenvalue weighted by Crippen LogP contribution is -2.02. The summed E-state index contributed by atoms with van der Waals surface area (Å²) < 4.78 is 14.7. The predicted molar refractivity (Wildman–Crippen MR) is 73.7 cm³/mol. The van der Waals surface area contributed by atoms with E-state index in [2.05, 4.69) is 15.5 Å². The van der Waals surface area contributed by atoms with Crippen molar-refractivity contribution in [2.45, 2.75) is 6.92 Å². The molecule has 0 bridgehead atoms. The molecule has 3 rings (SSSR count). The summed E-state index contributed by atoms with van der Waals surface area (Å²) in [5, 5.41) is 11.6. The van der Waals surface area contributed by atoms with E-state index in [9.17, 15) is 4.39 Å². The van der Waals surface area contributed by atoms with Crippen molar-refractivity contribution in [1.29, 1.82) is 0 Å². The van der Waals surface area contributed by atoms with E-state index in [0.29, 0.717) is 17.1 Å². The third-order valence-electron chi connectivity index (χ3n) is 3.00. The van der Waals surface area contributed by atoms with E-state index in [1.54, 1.807) is 10.7 Å². The quantitative estimate of drug-likeness (QED) is 0.725. The Labute approximate surface area is 114 Å². The molecule has 6 heteroatoms. The summed E-state index contributed by atoms with van der Waals surface area (Å²) in [5.74, 6) is 0.0898. The highest BCUT2D eigenvalue weighted by molar-refractivity contribution is 5.72. The fourth-order valence-electron chi connectivity index (χ4n) is 1.95. The van der Waals surface area contributed by atoms with Crippen molar-refractivity contribution in [1.82, 2.24) is 20.2 Å². The molecule has 1 heterocycles. The Kier molecular flexibility index (Phi) is 2.90. The molecule has 20 heavy (non-hydrogen) atoms. The van der Waals surface area contributed by atoms with Crippen LogP contribution in [0.5, 0.6) is 0 Å².